The maximum Gasteiger partial charge on any atom is 0.531 e. The highest BCUT2D eigenvalue weighted by Crippen LogP contribution is 2.24. The van der Waals surface area contributed by atoms with Crippen molar-refractivity contribution in [3.63, 3.8) is 0 Å². The topological polar surface area (TPSA) is 27.7 Å². The number of ether oxygens (including phenoxy) is 1. The zero-order chi connectivity index (χ0) is 13.0. The van der Waals surface area contributed by atoms with E-state index in [0.29, 0.717) is 18.9 Å². The van der Waals surface area contributed by atoms with Crippen LogP contribution in [0.15, 0.2) is 36.0 Å². The first-order chi connectivity index (χ1) is 8.61. The molecular weight excluding hydrogens is 227 g/mol. The maximum atomic E-state index is 5.70. The molecule has 0 saturated carbocycles. The van der Waals surface area contributed by atoms with Gasteiger partial charge in [0.05, 0.1) is 7.11 Å². The fourth-order valence-electron chi connectivity index (χ4n) is 1.79. The average molecular weight is 246 g/mol. The summed E-state index contributed by atoms with van der Waals surface area (Å²) >= 11 is 0. The van der Waals surface area contributed by atoms with E-state index in [-0.39, 0.29) is 5.41 Å². The molecule has 0 radical (unpaired) electrons. The van der Waals surface area contributed by atoms with Crippen LogP contribution >= 0.6 is 0 Å². The summed E-state index contributed by atoms with van der Waals surface area (Å²) in [6.45, 7) is 5.59. The third-order valence-electron chi connectivity index (χ3n) is 2.83. The van der Waals surface area contributed by atoms with Crippen molar-refractivity contribution >= 4 is 13.2 Å². The van der Waals surface area contributed by atoms with Crippen molar-refractivity contribution in [2.75, 3.05) is 20.3 Å². The molecule has 0 aliphatic carbocycles. The van der Waals surface area contributed by atoms with Crippen molar-refractivity contribution in [2.45, 2.75) is 13.8 Å². The quantitative estimate of drug-likeness (QED) is 0.606. The molecule has 1 aliphatic heterocycles. The summed E-state index contributed by atoms with van der Waals surface area (Å²) in [5.74, 6) is 0. The Bertz CT molecular complexity index is 404. The van der Waals surface area contributed by atoms with E-state index in [1.54, 1.807) is 7.11 Å². The Labute approximate surface area is 109 Å². The second-order valence-electron chi connectivity index (χ2n) is 5.28. The van der Waals surface area contributed by atoms with E-state index >= 15 is 0 Å². The first-order valence-electron chi connectivity index (χ1n) is 6.14. The van der Waals surface area contributed by atoms with Crippen molar-refractivity contribution in [1.82, 2.24) is 0 Å². The van der Waals surface area contributed by atoms with E-state index in [1.165, 1.54) is 0 Å². The second kappa shape index (κ2) is 5.59. The molecule has 2 rings (SSSR count). The van der Waals surface area contributed by atoms with Crippen LogP contribution in [-0.2, 0) is 14.0 Å². The van der Waals surface area contributed by atoms with E-state index in [0.717, 1.165) is 5.56 Å². The lowest BCUT2D eigenvalue weighted by Gasteiger charge is -2.33. The summed E-state index contributed by atoms with van der Waals surface area (Å²) in [6, 6.07) is 10.0. The number of hydrogen-bond donors (Lipinski definition) is 0. The van der Waals surface area contributed by atoms with Crippen LogP contribution < -0.4 is 0 Å². The number of rotatable bonds is 3. The van der Waals surface area contributed by atoms with Gasteiger partial charge in [0.15, 0.2) is 0 Å². The van der Waals surface area contributed by atoms with Crippen LogP contribution in [0.4, 0.5) is 0 Å². The molecule has 0 aromatic heterocycles. The molecule has 0 atom stereocenters. The molecular formula is C14H19BO3. The Morgan fingerprint density at radius 2 is 1.83 bits per heavy atom. The molecule has 0 spiro atoms. The minimum Gasteiger partial charge on any atom is -0.505 e. The van der Waals surface area contributed by atoms with Crippen molar-refractivity contribution < 1.29 is 14.0 Å². The molecule has 1 aromatic carbocycles. The molecule has 1 aliphatic rings. The third kappa shape index (κ3) is 3.37. The normalized spacial score (nSPS) is 19.7. The van der Waals surface area contributed by atoms with Gasteiger partial charge in [-0.15, -0.1) is 0 Å². The van der Waals surface area contributed by atoms with Gasteiger partial charge in [-0.2, -0.15) is 0 Å². The Balaban J connectivity index is 2.08. The standard InChI is InChI=1S/C14H19BO3/c1-14(2)10-17-15(18-11-14)13(16-3)9-12-7-5-4-6-8-12/h4-9H,10-11H2,1-3H3/b13-9-. The Morgan fingerprint density at radius 3 is 2.39 bits per heavy atom. The Kier molecular flexibility index (Phi) is 4.09. The lowest BCUT2D eigenvalue weighted by atomic mass is 9.80. The third-order valence-corrected chi connectivity index (χ3v) is 2.83. The molecule has 1 heterocycles. The monoisotopic (exact) mass is 246 g/mol. The maximum absolute atomic E-state index is 5.70. The molecule has 1 aromatic rings. The van der Waals surface area contributed by atoms with Crippen molar-refractivity contribution in [2.24, 2.45) is 5.41 Å². The summed E-state index contributed by atoms with van der Waals surface area (Å²) in [4.78, 5) is 0. The summed E-state index contributed by atoms with van der Waals surface area (Å²) in [6.07, 6.45) is 1.95. The Morgan fingerprint density at radius 1 is 1.22 bits per heavy atom. The number of benzene rings is 1. The fourth-order valence-corrected chi connectivity index (χ4v) is 1.79. The van der Waals surface area contributed by atoms with Gasteiger partial charge in [0.25, 0.3) is 0 Å². The highest BCUT2D eigenvalue weighted by Gasteiger charge is 2.35. The van der Waals surface area contributed by atoms with E-state index in [2.05, 4.69) is 13.8 Å². The molecule has 1 saturated heterocycles. The first kappa shape index (κ1) is 13.2. The highest BCUT2D eigenvalue weighted by molar-refractivity contribution is 6.54. The predicted octanol–water partition coefficient (Wildman–Crippen LogP) is 2.77. The molecule has 4 heteroatoms. The fraction of sp³-hybridized carbons (Fsp3) is 0.429. The van der Waals surface area contributed by atoms with Crippen LogP contribution in [0.1, 0.15) is 19.4 Å². The highest BCUT2D eigenvalue weighted by atomic mass is 16.6. The number of hydrogen-bond acceptors (Lipinski definition) is 3. The summed E-state index contributed by atoms with van der Waals surface area (Å²) in [7, 11) is 1.24. The molecule has 0 unspecified atom stereocenters. The summed E-state index contributed by atoms with van der Waals surface area (Å²) in [5, 5.41) is 0. The van der Waals surface area contributed by atoms with E-state index in [1.807, 2.05) is 36.4 Å². The van der Waals surface area contributed by atoms with Crippen LogP contribution in [0.3, 0.4) is 0 Å². The zero-order valence-electron chi connectivity index (χ0n) is 11.2. The smallest absolute Gasteiger partial charge is 0.505 e. The molecule has 18 heavy (non-hydrogen) atoms. The van der Waals surface area contributed by atoms with Gasteiger partial charge in [-0.1, -0.05) is 44.2 Å². The Hall–Kier alpha value is -1.26. The van der Waals surface area contributed by atoms with Crippen molar-refractivity contribution in [3.8, 4) is 0 Å². The van der Waals surface area contributed by atoms with Crippen LogP contribution in [0.2, 0.25) is 0 Å². The van der Waals surface area contributed by atoms with Crippen molar-refractivity contribution in [1.29, 1.82) is 0 Å². The summed E-state index contributed by atoms with van der Waals surface area (Å²) < 4.78 is 16.8. The van der Waals surface area contributed by atoms with Gasteiger partial charge in [-0.05, 0) is 11.6 Å². The van der Waals surface area contributed by atoms with Crippen LogP contribution in [0.5, 0.6) is 0 Å². The van der Waals surface area contributed by atoms with E-state index in [9.17, 15) is 0 Å². The van der Waals surface area contributed by atoms with Gasteiger partial charge in [-0.25, -0.2) is 0 Å². The van der Waals surface area contributed by atoms with Gasteiger partial charge in [-0.3, -0.25) is 0 Å². The predicted molar refractivity (Wildman–Crippen MR) is 72.9 cm³/mol. The SMILES string of the molecule is CO/C(=C\c1ccccc1)B1OCC(C)(C)CO1. The lowest BCUT2D eigenvalue weighted by molar-refractivity contribution is 0.0258. The molecule has 3 nitrogen and oxygen atoms in total. The molecule has 0 bridgehead atoms. The zero-order valence-corrected chi connectivity index (χ0v) is 11.2. The average Bonchev–Trinajstić information content (AvgIpc) is 2.38. The lowest BCUT2D eigenvalue weighted by Crippen LogP contribution is -2.42. The molecule has 1 fully saturated rings. The van der Waals surface area contributed by atoms with E-state index in [4.69, 9.17) is 14.0 Å². The van der Waals surface area contributed by atoms with Gasteiger partial charge < -0.3 is 14.0 Å². The van der Waals surface area contributed by atoms with Crippen LogP contribution in [-0.4, -0.2) is 27.4 Å². The van der Waals surface area contributed by atoms with Gasteiger partial charge in [0, 0.05) is 18.6 Å². The second-order valence-corrected chi connectivity index (χ2v) is 5.28. The molecule has 96 valence electrons. The molecule has 0 N–H and O–H groups in total. The minimum atomic E-state index is -0.400. The van der Waals surface area contributed by atoms with E-state index < -0.39 is 7.12 Å². The van der Waals surface area contributed by atoms with Crippen molar-refractivity contribution in [3.05, 3.63) is 41.6 Å². The van der Waals surface area contributed by atoms with Gasteiger partial charge in [0.1, 0.15) is 5.66 Å². The minimum absolute atomic E-state index is 0.0715. The van der Waals surface area contributed by atoms with Gasteiger partial charge in [0.2, 0.25) is 0 Å². The largest absolute Gasteiger partial charge is 0.531 e. The molecule has 0 amide bonds. The summed E-state index contributed by atoms with van der Waals surface area (Å²) in [5.41, 5.74) is 1.85. The number of methoxy groups -OCH3 is 1. The van der Waals surface area contributed by atoms with Crippen LogP contribution in [0.25, 0.3) is 6.08 Å². The van der Waals surface area contributed by atoms with Crippen LogP contribution in [0, 0.1) is 5.41 Å². The first-order valence-corrected chi connectivity index (χ1v) is 6.14. The van der Waals surface area contributed by atoms with Gasteiger partial charge >= 0.3 is 7.12 Å².